The molecule has 0 radical (unpaired) electrons. The summed E-state index contributed by atoms with van der Waals surface area (Å²) < 4.78 is 0. The molecule has 3 aromatic carbocycles. The third-order valence-electron chi connectivity index (χ3n) is 4.46. The van der Waals surface area contributed by atoms with Crippen LogP contribution in [0.5, 0.6) is 0 Å². The van der Waals surface area contributed by atoms with E-state index in [2.05, 4.69) is 19.1 Å². The Bertz CT molecular complexity index is 1040. The van der Waals surface area contributed by atoms with Gasteiger partial charge in [-0.15, -0.1) is 0 Å². The van der Waals surface area contributed by atoms with E-state index < -0.39 is 0 Å². The summed E-state index contributed by atoms with van der Waals surface area (Å²) in [6.07, 6.45) is 3.98. The van der Waals surface area contributed by atoms with Gasteiger partial charge in [0, 0.05) is 22.3 Å². The second kappa shape index (κ2) is 5.99. The minimum atomic E-state index is -0.0870. The molecular weight excluding hydrogens is 308 g/mol. The van der Waals surface area contributed by atoms with Crippen LogP contribution >= 0.6 is 0 Å². The highest BCUT2D eigenvalue weighted by Gasteiger charge is 2.28. The standard InChI is InChI=1S/C23H16O2/c1-15-5-4-6-16(13-15)9-10-17-11-12-20-21(14-17)23(25)19-8-3-2-7-18(19)22(20)24/h2-14H,1H3. The maximum atomic E-state index is 12.7. The van der Waals surface area contributed by atoms with Gasteiger partial charge >= 0.3 is 0 Å². The van der Waals surface area contributed by atoms with Crippen LogP contribution in [-0.4, -0.2) is 11.6 Å². The van der Waals surface area contributed by atoms with Crippen LogP contribution in [0.1, 0.15) is 48.5 Å². The molecule has 25 heavy (non-hydrogen) atoms. The Morgan fingerprint density at radius 2 is 1.20 bits per heavy atom. The molecular formula is C23H16O2. The summed E-state index contributed by atoms with van der Waals surface area (Å²) in [6.45, 7) is 2.05. The van der Waals surface area contributed by atoms with E-state index in [1.165, 1.54) is 5.56 Å². The first-order chi connectivity index (χ1) is 12.1. The zero-order valence-corrected chi connectivity index (χ0v) is 13.8. The van der Waals surface area contributed by atoms with Crippen molar-refractivity contribution in [2.24, 2.45) is 0 Å². The predicted molar refractivity (Wildman–Crippen MR) is 99.9 cm³/mol. The van der Waals surface area contributed by atoms with Gasteiger partial charge in [-0.2, -0.15) is 0 Å². The van der Waals surface area contributed by atoms with Crippen LogP contribution in [0, 0.1) is 6.92 Å². The van der Waals surface area contributed by atoms with Gasteiger partial charge in [0.25, 0.3) is 0 Å². The molecule has 1 aliphatic carbocycles. The number of rotatable bonds is 2. The molecule has 0 atom stereocenters. The number of carbonyl (C=O) groups is 2. The Labute approximate surface area is 146 Å². The Hall–Kier alpha value is -3.26. The SMILES string of the molecule is Cc1cccc(C=Cc2ccc3c(c2)C(=O)c2ccccc2C3=O)c1. The normalized spacial score (nSPS) is 13.0. The lowest BCUT2D eigenvalue weighted by Gasteiger charge is -2.17. The molecule has 0 fully saturated rings. The molecule has 0 spiro atoms. The van der Waals surface area contributed by atoms with Crippen molar-refractivity contribution in [2.75, 3.05) is 0 Å². The summed E-state index contributed by atoms with van der Waals surface area (Å²) in [5, 5.41) is 0. The number of fused-ring (bicyclic) bond motifs is 2. The molecule has 0 aliphatic heterocycles. The second-order valence-corrected chi connectivity index (χ2v) is 6.26. The quantitative estimate of drug-likeness (QED) is 0.489. The molecule has 3 aromatic rings. The summed E-state index contributed by atoms with van der Waals surface area (Å²) in [7, 11) is 0. The van der Waals surface area contributed by atoms with Crippen LogP contribution < -0.4 is 0 Å². The average Bonchev–Trinajstić information content (AvgIpc) is 2.64. The molecule has 0 saturated carbocycles. The monoisotopic (exact) mass is 324 g/mol. The Morgan fingerprint density at radius 1 is 0.600 bits per heavy atom. The zero-order valence-electron chi connectivity index (χ0n) is 13.8. The molecule has 0 heterocycles. The maximum Gasteiger partial charge on any atom is 0.194 e. The van der Waals surface area contributed by atoms with Crippen LogP contribution in [0.4, 0.5) is 0 Å². The van der Waals surface area contributed by atoms with Crippen molar-refractivity contribution in [2.45, 2.75) is 6.92 Å². The molecule has 0 amide bonds. The van der Waals surface area contributed by atoms with Crippen LogP contribution in [0.2, 0.25) is 0 Å². The van der Waals surface area contributed by atoms with E-state index in [-0.39, 0.29) is 11.6 Å². The number of ketones is 2. The van der Waals surface area contributed by atoms with Gasteiger partial charge in [0.05, 0.1) is 0 Å². The van der Waals surface area contributed by atoms with E-state index in [1.807, 2.05) is 30.4 Å². The van der Waals surface area contributed by atoms with E-state index in [0.29, 0.717) is 22.3 Å². The first-order valence-corrected chi connectivity index (χ1v) is 8.21. The van der Waals surface area contributed by atoms with E-state index in [4.69, 9.17) is 0 Å². The Kier molecular flexibility index (Phi) is 3.66. The van der Waals surface area contributed by atoms with Gasteiger partial charge in [-0.3, -0.25) is 9.59 Å². The van der Waals surface area contributed by atoms with Crippen LogP contribution in [0.15, 0.2) is 66.7 Å². The smallest absolute Gasteiger partial charge is 0.194 e. The van der Waals surface area contributed by atoms with Crippen molar-refractivity contribution in [3.8, 4) is 0 Å². The summed E-state index contributed by atoms with van der Waals surface area (Å²) >= 11 is 0. The van der Waals surface area contributed by atoms with E-state index in [1.54, 1.807) is 36.4 Å². The molecule has 4 rings (SSSR count). The zero-order chi connectivity index (χ0) is 17.4. The topological polar surface area (TPSA) is 34.1 Å². The molecule has 120 valence electrons. The lowest BCUT2D eigenvalue weighted by Crippen LogP contribution is -2.20. The molecule has 0 N–H and O–H groups in total. The summed E-state index contributed by atoms with van der Waals surface area (Å²) in [4.78, 5) is 25.4. The highest BCUT2D eigenvalue weighted by atomic mass is 16.1. The summed E-state index contributed by atoms with van der Waals surface area (Å²) in [5.74, 6) is -0.171. The van der Waals surface area contributed by atoms with Gasteiger partial charge in [-0.05, 0) is 30.2 Å². The van der Waals surface area contributed by atoms with E-state index in [9.17, 15) is 9.59 Å². The highest BCUT2D eigenvalue weighted by molar-refractivity contribution is 6.28. The van der Waals surface area contributed by atoms with Crippen LogP contribution in [0.3, 0.4) is 0 Å². The fourth-order valence-corrected chi connectivity index (χ4v) is 3.19. The number of benzene rings is 3. The third-order valence-corrected chi connectivity index (χ3v) is 4.46. The lowest BCUT2D eigenvalue weighted by atomic mass is 9.83. The molecule has 0 bridgehead atoms. The molecule has 0 saturated heterocycles. The van der Waals surface area contributed by atoms with Gasteiger partial charge in [-0.1, -0.05) is 72.3 Å². The summed E-state index contributed by atoms with van der Waals surface area (Å²) in [5.41, 5.74) is 5.14. The molecule has 0 unspecified atom stereocenters. The second-order valence-electron chi connectivity index (χ2n) is 6.26. The van der Waals surface area contributed by atoms with Crippen molar-refractivity contribution in [1.29, 1.82) is 0 Å². The minimum Gasteiger partial charge on any atom is -0.289 e. The van der Waals surface area contributed by atoms with Crippen molar-refractivity contribution in [3.63, 3.8) is 0 Å². The van der Waals surface area contributed by atoms with Crippen molar-refractivity contribution < 1.29 is 9.59 Å². The third kappa shape index (κ3) is 2.72. The van der Waals surface area contributed by atoms with Gasteiger partial charge in [0.1, 0.15) is 0 Å². The van der Waals surface area contributed by atoms with Crippen molar-refractivity contribution in [3.05, 3.63) is 106 Å². The Balaban J connectivity index is 1.73. The van der Waals surface area contributed by atoms with Gasteiger partial charge in [0.2, 0.25) is 0 Å². The van der Waals surface area contributed by atoms with Crippen LogP contribution in [-0.2, 0) is 0 Å². The maximum absolute atomic E-state index is 12.7. The number of hydrogen-bond donors (Lipinski definition) is 0. The molecule has 2 nitrogen and oxygen atoms in total. The lowest BCUT2D eigenvalue weighted by molar-refractivity contribution is 0.0979. The molecule has 2 heteroatoms. The number of carbonyl (C=O) groups excluding carboxylic acids is 2. The first kappa shape index (κ1) is 15.3. The fourth-order valence-electron chi connectivity index (χ4n) is 3.19. The molecule has 0 aromatic heterocycles. The first-order valence-electron chi connectivity index (χ1n) is 8.21. The number of aryl methyl sites for hydroxylation is 1. The Morgan fingerprint density at radius 3 is 1.88 bits per heavy atom. The summed E-state index contributed by atoms with van der Waals surface area (Å²) in [6, 6.07) is 20.6. The predicted octanol–water partition coefficient (Wildman–Crippen LogP) is 4.94. The average molecular weight is 324 g/mol. The largest absolute Gasteiger partial charge is 0.289 e. The van der Waals surface area contributed by atoms with Gasteiger partial charge in [0.15, 0.2) is 11.6 Å². The number of hydrogen-bond acceptors (Lipinski definition) is 2. The fraction of sp³-hybridized carbons (Fsp3) is 0.0435. The van der Waals surface area contributed by atoms with Crippen molar-refractivity contribution >= 4 is 23.7 Å². The minimum absolute atomic E-state index is 0.0839. The van der Waals surface area contributed by atoms with Crippen LogP contribution in [0.25, 0.3) is 12.2 Å². The van der Waals surface area contributed by atoms with Crippen molar-refractivity contribution in [1.82, 2.24) is 0 Å². The molecule has 1 aliphatic rings. The van der Waals surface area contributed by atoms with Gasteiger partial charge < -0.3 is 0 Å². The van der Waals surface area contributed by atoms with Gasteiger partial charge in [-0.25, -0.2) is 0 Å². The van der Waals surface area contributed by atoms with E-state index in [0.717, 1.165) is 11.1 Å². The van der Waals surface area contributed by atoms with E-state index >= 15 is 0 Å². The highest BCUT2D eigenvalue weighted by Crippen LogP contribution is 2.28.